The van der Waals surface area contributed by atoms with Gasteiger partial charge in [0.2, 0.25) is 11.8 Å². The largest absolute Gasteiger partial charge is 0.368 e. The summed E-state index contributed by atoms with van der Waals surface area (Å²) < 4.78 is 0. The molecule has 4 aromatic carbocycles. The predicted molar refractivity (Wildman–Crippen MR) is 144 cm³/mol. The number of amides is 2. The van der Waals surface area contributed by atoms with E-state index in [-0.39, 0.29) is 17.9 Å². The highest BCUT2D eigenvalue weighted by Crippen LogP contribution is 2.34. The summed E-state index contributed by atoms with van der Waals surface area (Å²) in [5, 5.41) is 10.2. The number of hydrogen-bond acceptors (Lipinski definition) is 3. The van der Waals surface area contributed by atoms with E-state index < -0.39 is 0 Å². The molecule has 1 heterocycles. The van der Waals surface area contributed by atoms with Crippen LogP contribution in [0.25, 0.3) is 32.3 Å². The summed E-state index contributed by atoms with van der Waals surface area (Å²) in [7, 11) is 0. The maximum Gasteiger partial charge on any atom is 0.234 e. The predicted octanol–water partition coefficient (Wildman–Crippen LogP) is 5.98. The van der Waals surface area contributed by atoms with Crippen molar-refractivity contribution < 1.29 is 9.59 Å². The SMILES string of the molecule is NC(=O)C(CCCCC(=O)Nc1cccc2c1ccc1c3ccccc3ccc21)N1CCCCC1. The molecule has 4 aromatic rings. The molecule has 5 rings (SSSR count). The van der Waals surface area contributed by atoms with Gasteiger partial charge in [0, 0.05) is 17.5 Å². The van der Waals surface area contributed by atoms with Gasteiger partial charge in [0.1, 0.15) is 0 Å². The van der Waals surface area contributed by atoms with Crippen molar-refractivity contribution in [3.63, 3.8) is 0 Å². The van der Waals surface area contributed by atoms with Gasteiger partial charge in [-0.2, -0.15) is 0 Å². The molecular formula is C30H33N3O2. The van der Waals surface area contributed by atoms with Crippen LogP contribution in [0.2, 0.25) is 0 Å². The minimum absolute atomic E-state index is 0.00436. The minimum atomic E-state index is -0.243. The van der Waals surface area contributed by atoms with E-state index in [1.54, 1.807) is 0 Å². The van der Waals surface area contributed by atoms with Crippen LogP contribution in [0.1, 0.15) is 44.9 Å². The van der Waals surface area contributed by atoms with Crippen LogP contribution >= 0.6 is 0 Å². The number of piperidine rings is 1. The Bertz CT molecular complexity index is 1370. The molecule has 1 fully saturated rings. The van der Waals surface area contributed by atoms with E-state index in [0.29, 0.717) is 6.42 Å². The molecule has 1 aliphatic rings. The average molecular weight is 468 g/mol. The molecule has 2 amide bonds. The second-order valence-corrected chi connectivity index (χ2v) is 9.66. The smallest absolute Gasteiger partial charge is 0.234 e. The van der Waals surface area contributed by atoms with Gasteiger partial charge in [-0.05, 0) is 71.8 Å². The number of primary amides is 1. The number of fused-ring (bicyclic) bond motifs is 5. The standard InChI is InChI=1S/C30H33N3O2/c31-30(35)28(33-19-6-1-7-20-33)13-4-5-14-29(34)32-27-12-8-11-23-25-16-15-21-9-2-3-10-22(21)24(25)17-18-26(23)27/h2-3,8-12,15-18,28H,1,4-7,13-14,19-20H2,(H2,31,35)(H,32,34). The Hall–Kier alpha value is -3.44. The molecule has 0 saturated carbocycles. The molecule has 35 heavy (non-hydrogen) atoms. The molecule has 1 saturated heterocycles. The zero-order valence-electron chi connectivity index (χ0n) is 20.1. The van der Waals surface area contributed by atoms with Crippen molar-refractivity contribution in [2.45, 2.75) is 51.0 Å². The van der Waals surface area contributed by atoms with Crippen molar-refractivity contribution in [2.24, 2.45) is 5.73 Å². The van der Waals surface area contributed by atoms with E-state index in [4.69, 9.17) is 5.73 Å². The van der Waals surface area contributed by atoms with Crippen LogP contribution < -0.4 is 11.1 Å². The number of hydrogen-bond donors (Lipinski definition) is 2. The third kappa shape index (κ3) is 5.01. The number of carbonyl (C=O) groups is 2. The Morgan fingerprint density at radius 1 is 0.771 bits per heavy atom. The maximum absolute atomic E-state index is 12.8. The fourth-order valence-electron chi connectivity index (χ4n) is 5.54. The van der Waals surface area contributed by atoms with Crippen LogP contribution in [0.5, 0.6) is 0 Å². The molecule has 0 aliphatic carbocycles. The summed E-state index contributed by atoms with van der Waals surface area (Å²) in [4.78, 5) is 26.9. The first-order valence-electron chi connectivity index (χ1n) is 12.8. The summed E-state index contributed by atoms with van der Waals surface area (Å²) in [5.41, 5.74) is 6.51. The molecule has 180 valence electrons. The summed E-state index contributed by atoms with van der Waals surface area (Å²) in [5.74, 6) is -0.239. The first-order valence-corrected chi connectivity index (χ1v) is 12.8. The number of likely N-dealkylation sites (tertiary alicyclic amines) is 1. The molecule has 0 radical (unpaired) electrons. The van der Waals surface area contributed by atoms with E-state index in [2.05, 4.69) is 64.8 Å². The van der Waals surface area contributed by atoms with Crippen molar-refractivity contribution >= 4 is 49.8 Å². The maximum atomic E-state index is 12.8. The minimum Gasteiger partial charge on any atom is -0.368 e. The van der Waals surface area contributed by atoms with Crippen LogP contribution in [0.15, 0.2) is 66.7 Å². The van der Waals surface area contributed by atoms with E-state index >= 15 is 0 Å². The van der Waals surface area contributed by atoms with Gasteiger partial charge in [-0.1, -0.05) is 73.5 Å². The first-order chi connectivity index (χ1) is 17.1. The van der Waals surface area contributed by atoms with Crippen molar-refractivity contribution in [1.82, 2.24) is 4.90 Å². The zero-order chi connectivity index (χ0) is 24.2. The number of nitrogens with zero attached hydrogens (tertiary/aromatic N) is 1. The molecule has 1 atom stereocenters. The Morgan fingerprint density at radius 2 is 1.46 bits per heavy atom. The van der Waals surface area contributed by atoms with Crippen molar-refractivity contribution in [1.29, 1.82) is 0 Å². The molecular weight excluding hydrogens is 434 g/mol. The molecule has 0 spiro atoms. The lowest BCUT2D eigenvalue weighted by Crippen LogP contribution is -2.47. The fourth-order valence-corrected chi connectivity index (χ4v) is 5.54. The van der Waals surface area contributed by atoms with Crippen LogP contribution in [-0.4, -0.2) is 35.8 Å². The molecule has 1 unspecified atom stereocenters. The average Bonchev–Trinajstić information content (AvgIpc) is 2.88. The Balaban J connectivity index is 1.25. The molecule has 0 aromatic heterocycles. The van der Waals surface area contributed by atoms with Crippen molar-refractivity contribution in [3.8, 4) is 0 Å². The van der Waals surface area contributed by atoms with Crippen LogP contribution in [0.4, 0.5) is 5.69 Å². The van der Waals surface area contributed by atoms with Gasteiger partial charge in [0.15, 0.2) is 0 Å². The fraction of sp³-hybridized carbons (Fsp3) is 0.333. The van der Waals surface area contributed by atoms with E-state index in [1.807, 2.05) is 12.1 Å². The molecule has 5 heteroatoms. The topological polar surface area (TPSA) is 75.4 Å². The number of carbonyl (C=O) groups excluding carboxylic acids is 2. The number of anilines is 1. The monoisotopic (exact) mass is 467 g/mol. The number of nitrogens with one attached hydrogen (secondary N) is 1. The summed E-state index contributed by atoms with van der Waals surface area (Å²) in [6.45, 7) is 1.89. The van der Waals surface area contributed by atoms with Crippen LogP contribution in [-0.2, 0) is 9.59 Å². The van der Waals surface area contributed by atoms with Crippen molar-refractivity contribution in [2.75, 3.05) is 18.4 Å². The lowest BCUT2D eigenvalue weighted by Gasteiger charge is -2.32. The van der Waals surface area contributed by atoms with Gasteiger partial charge < -0.3 is 11.1 Å². The lowest BCUT2D eigenvalue weighted by molar-refractivity contribution is -0.123. The van der Waals surface area contributed by atoms with Gasteiger partial charge in [-0.25, -0.2) is 0 Å². The second-order valence-electron chi connectivity index (χ2n) is 9.66. The normalized spacial score (nSPS) is 15.4. The number of nitrogens with two attached hydrogens (primary N) is 1. The molecule has 5 nitrogen and oxygen atoms in total. The highest BCUT2D eigenvalue weighted by Gasteiger charge is 2.24. The van der Waals surface area contributed by atoms with Gasteiger partial charge in [0.25, 0.3) is 0 Å². The van der Waals surface area contributed by atoms with Gasteiger partial charge in [-0.15, -0.1) is 0 Å². The quantitative estimate of drug-likeness (QED) is 0.247. The van der Waals surface area contributed by atoms with Gasteiger partial charge in [0.05, 0.1) is 6.04 Å². The Labute approximate surface area is 206 Å². The Morgan fingerprint density at radius 3 is 2.29 bits per heavy atom. The number of unbranched alkanes of at least 4 members (excludes halogenated alkanes) is 1. The highest BCUT2D eigenvalue weighted by molar-refractivity contribution is 6.19. The first kappa shape index (κ1) is 23.3. The van der Waals surface area contributed by atoms with Crippen molar-refractivity contribution in [3.05, 3.63) is 66.7 Å². The van der Waals surface area contributed by atoms with Crippen LogP contribution in [0, 0.1) is 0 Å². The number of rotatable bonds is 8. The summed E-state index contributed by atoms with van der Waals surface area (Å²) >= 11 is 0. The second kappa shape index (κ2) is 10.4. The Kier molecular flexibility index (Phi) is 6.96. The van der Waals surface area contributed by atoms with Gasteiger partial charge >= 0.3 is 0 Å². The third-order valence-corrected chi connectivity index (χ3v) is 7.35. The van der Waals surface area contributed by atoms with Crippen LogP contribution in [0.3, 0.4) is 0 Å². The zero-order valence-corrected chi connectivity index (χ0v) is 20.1. The number of benzene rings is 4. The van der Waals surface area contributed by atoms with E-state index in [1.165, 1.54) is 28.0 Å². The van der Waals surface area contributed by atoms with Gasteiger partial charge in [-0.3, -0.25) is 14.5 Å². The highest BCUT2D eigenvalue weighted by atomic mass is 16.2. The third-order valence-electron chi connectivity index (χ3n) is 7.35. The summed E-state index contributed by atoms with van der Waals surface area (Å²) in [6, 6.07) is 22.9. The lowest BCUT2D eigenvalue weighted by atomic mass is 9.96. The van der Waals surface area contributed by atoms with E-state index in [9.17, 15) is 9.59 Å². The van der Waals surface area contributed by atoms with E-state index in [0.717, 1.165) is 61.7 Å². The summed E-state index contributed by atoms with van der Waals surface area (Å²) in [6.07, 6.45) is 6.18. The molecule has 3 N–H and O–H groups in total. The molecule has 1 aliphatic heterocycles. The molecule has 0 bridgehead atoms.